The number of fused-ring (bicyclic) bond motifs is 1. The quantitative estimate of drug-likeness (QED) is 0.262. The van der Waals surface area contributed by atoms with Gasteiger partial charge in [-0.05, 0) is 50.2 Å². The monoisotopic (exact) mass is 421 g/mol. The fourth-order valence-corrected chi connectivity index (χ4v) is 3.54. The standard InChI is InChI=1S/C24H17Cl2NO2/c1-14-3-6-16(7-4-14)22-13-19(18-11-15(2)5-9-21(18)27-22)24(28)29-23-10-8-17(25)12-20(23)26/h3-13H,1-2H3. The highest BCUT2D eigenvalue weighted by Crippen LogP contribution is 2.30. The van der Waals surface area contributed by atoms with Gasteiger partial charge >= 0.3 is 5.97 Å². The van der Waals surface area contributed by atoms with E-state index in [-0.39, 0.29) is 10.8 Å². The number of carbonyl (C=O) groups excluding carboxylic acids is 1. The Kier molecular flexibility index (Phi) is 5.27. The molecule has 0 radical (unpaired) electrons. The number of rotatable bonds is 3. The molecular weight excluding hydrogens is 405 g/mol. The molecule has 1 aromatic heterocycles. The van der Waals surface area contributed by atoms with Crippen molar-refractivity contribution in [2.24, 2.45) is 0 Å². The smallest absolute Gasteiger partial charge is 0.344 e. The number of esters is 1. The third-order valence-corrected chi connectivity index (χ3v) is 5.16. The molecule has 0 unspecified atom stereocenters. The Morgan fingerprint density at radius 1 is 0.862 bits per heavy atom. The van der Waals surface area contributed by atoms with E-state index >= 15 is 0 Å². The van der Waals surface area contributed by atoms with E-state index in [0.717, 1.165) is 27.6 Å². The second-order valence-electron chi connectivity index (χ2n) is 6.91. The van der Waals surface area contributed by atoms with E-state index in [4.69, 9.17) is 32.9 Å². The largest absolute Gasteiger partial charge is 0.421 e. The predicted octanol–water partition coefficient (Wildman–Crippen LogP) is 7.04. The number of ether oxygens (including phenoxy) is 1. The molecule has 0 aliphatic rings. The van der Waals surface area contributed by atoms with Crippen molar-refractivity contribution in [2.45, 2.75) is 13.8 Å². The third kappa shape index (κ3) is 4.12. The Morgan fingerprint density at radius 3 is 2.31 bits per heavy atom. The summed E-state index contributed by atoms with van der Waals surface area (Å²) in [6, 6.07) is 20.3. The first-order chi connectivity index (χ1) is 13.9. The zero-order valence-electron chi connectivity index (χ0n) is 15.9. The highest BCUT2D eigenvalue weighted by atomic mass is 35.5. The van der Waals surface area contributed by atoms with Crippen LogP contribution in [0.3, 0.4) is 0 Å². The second kappa shape index (κ2) is 7.86. The van der Waals surface area contributed by atoms with Crippen molar-refractivity contribution < 1.29 is 9.53 Å². The number of aryl methyl sites for hydroxylation is 2. The van der Waals surface area contributed by atoms with Gasteiger partial charge in [0, 0.05) is 16.0 Å². The van der Waals surface area contributed by atoms with Crippen LogP contribution in [0.1, 0.15) is 21.5 Å². The fourth-order valence-electron chi connectivity index (χ4n) is 3.09. The number of pyridine rings is 1. The Balaban J connectivity index is 1.83. The number of hydrogen-bond donors (Lipinski definition) is 0. The summed E-state index contributed by atoms with van der Waals surface area (Å²) >= 11 is 12.1. The molecule has 144 valence electrons. The van der Waals surface area contributed by atoms with E-state index in [0.29, 0.717) is 16.3 Å². The average Bonchev–Trinajstić information content (AvgIpc) is 2.70. The van der Waals surface area contributed by atoms with Gasteiger partial charge in [0.15, 0.2) is 0 Å². The minimum atomic E-state index is -0.499. The minimum absolute atomic E-state index is 0.260. The van der Waals surface area contributed by atoms with E-state index < -0.39 is 5.97 Å². The molecule has 4 rings (SSSR count). The SMILES string of the molecule is Cc1ccc(-c2cc(C(=O)Oc3ccc(Cl)cc3Cl)c3cc(C)ccc3n2)cc1. The van der Waals surface area contributed by atoms with Crippen LogP contribution in [0.25, 0.3) is 22.2 Å². The molecule has 0 atom stereocenters. The van der Waals surface area contributed by atoms with Gasteiger partial charge in [-0.2, -0.15) is 0 Å². The predicted molar refractivity (Wildman–Crippen MR) is 118 cm³/mol. The van der Waals surface area contributed by atoms with E-state index in [2.05, 4.69) is 0 Å². The topological polar surface area (TPSA) is 39.2 Å². The van der Waals surface area contributed by atoms with E-state index in [1.54, 1.807) is 18.2 Å². The first-order valence-corrected chi connectivity index (χ1v) is 9.82. The zero-order valence-corrected chi connectivity index (χ0v) is 17.4. The number of benzene rings is 3. The molecule has 3 nitrogen and oxygen atoms in total. The summed E-state index contributed by atoms with van der Waals surface area (Å²) in [5.41, 5.74) is 4.97. The number of aromatic nitrogens is 1. The summed E-state index contributed by atoms with van der Waals surface area (Å²) in [6.07, 6.45) is 0. The summed E-state index contributed by atoms with van der Waals surface area (Å²) < 4.78 is 5.59. The number of hydrogen-bond acceptors (Lipinski definition) is 3. The number of halogens is 2. The lowest BCUT2D eigenvalue weighted by atomic mass is 10.0. The van der Waals surface area contributed by atoms with Crippen molar-refractivity contribution in [3.63, 3.8) is 0 Å². The Hall–Kier alpha value is -2.88. The summed E-state index contributed by atoms with van der Waals surface area (Å²) in [7, 11) is 0. The van der Waals surface area contributed by atoms with Crippen molar-refractivity contribution in [3.05, 3.63) is 93.5 Å². The second-order valence-corrected chi connectivity index (χ2v) is 7.75. The molecule has 0 saturated carbocycles. The van der Waals surface area contributed by atoms with Crippen LogP contribution in [0, 0.1) is 13.8 Å². The molecular formula is C24H17Cl2NO2. The van der Waals surface area contributed by atoms with Gasteiger partial charge in [-0.1, -0.05) is 64.7 Å². The molecule has 0 amide bonds. The van der Waals surface area contributed by atoms with Crippen molar-refractivity contribution in [2.75, 3.05) is 0 Å². The molecule has 0 N–H and O–H groups in total. The lowest BCUT2D eigenvalue weighted by molar-refractivity contribution is 0.0737. The van der Waals surface area contributed by atoms with Crippen molar-refractivity contribution in [3.8, 4) is 17.0 Å². The van der Waals surface area contributed by atoms with Gasteiger partial charge in [-0.15, -0.1) is 0 Å². The first kappa shape index (κ1) is 19.4. The van der Waals surface area contributed by atoms with Gasteiger partial charge in [-0.25, -0.2) is 9.78 Å². The molecule has 0 aliphatic heterocycles. The van der Waals surface area contributed by atoms with Crippen LogP contribution in [0.5, 0.6) is 5.75 Å². The number of carbonyl (C=O) groups is 1. The van der Waals surface area contributed by atoms with Gasteiger partial charge in [0.2, 0.25) is 0 Å². The van der Waals surface area contributed by atoms with Crippen LogP contribution in [-0.4, -0.2) is 11.0 Å². The van der Waals surface area contributed by atoms with E-state index in [1.165, 1.54) is 6.07 Å². The Bertz CT molecular complexity index is 1230. The van der Waals surface area contributed by atoms with Gasteiger partial charge in [0.05, 0.1) is 21.8 Å². The van der Waals surface area contributed by atoms with Gasteiger partial charge < -0.3 is 4.74 Å². The molecule has 1 heterocycles. The highest BCUT2D eigenvalue weighted by Gasteiger charge is 2.17. The van der Waals surface area contributed by atoms with E-state index in [9.17, 15) is 4.79 Å². The maximum Gasteiger partial charge on any atom is 0.344 e. The maximum absolute atomic E-state index is 13.1. The third-order valence-electron chi connectivity index (χ3n) is 4.63. The lowest BCUT2D eigenvalue weighted by Crippen LogP contribution is -2.10. The van der Waals surface area contributed by atoms with Crippen LogP contribution >= 0.6 is 23.2 Å². The maximum atomic E-state index is 13.1. The Morgan fingerprint density at radius 2 is 1.59 bits per heavy atom. The normalized spacial score (nSPS) is 10.9. The molecule has 5 heteroatoms. The van der Waals surface area contributed by atoms with Crippen molar-refractivity contribution >= 4 is 40.1 Å². The van der Waals surface area contributed by atoms with Crippen LogP contribution in [0.4, 0.5) is 0 Å². The van der Waals surface area contributed by atoms with Crippen LogP contribution < -0.4 is 4.74 Å². The highest BCUT2D eigenvalue weighted by molar-refractivity contribution is 6.35. The summed E-state index contributed by atoms with van der Waals surface area (Å²) in [6.45, 7) is 4.00. The summed E-state index contributed by atoms with van der Waals surface area (Å²) in [5, 5.41) is 1.48. The number of nitrogens with zero attached hydrogens (tertiary/aromatic N) is 1. The molecule has 0 fully saturated rings. The minimum Gasteiger partial charge on any atom is -0.421 e. The molecule has 0 aliphatic carbocycles. The molecule has 0 spiro atoms. The van der Waals surface area contributed by atoms with Crippen LogP contribution in [0.2, 0.25) is 10.0 Å². The van der Waals surface area contributed by atoms with Gasteiger partial charge in [-0.3, -0.25) is 0 Å². The van der Waals surface area contributed by atoms with Crippen LogP contribution in [-0.2, 0) is 0 Å². The van der Waals surface area contributed by atoms with Crippen molar-refractivity contribution in [1.29, 1.82) is 0 Å². The van der Waals surface area contributed by atoms with Gasteiger partial charge in [0.25, 0.3) is 0 Å². The zero-order chi connectivity index (χ0) is 20.5. The van der Waals surface area contributed by atoms with E-state index in [1.807, 2.05) is 56.3 Å². The van der Waals surface area contributed by atoms with Gasteiger partial charge in [0.1, 0.15) is 5.75 Å². The van der Waals surface area contributed by atoms with Crippen LogP contribution in [0.15, 0.2) is 66.7 Å². The van der Waals surface area contributed by atoms with Crippen molar-refractivity contribution in [1.82, 2.24) is 4.98 Å². The average molecular weight is 422 g/mol. The fraction of sp³-hybridized carbons (Fsp3) is 0.0833. The molecule has 0 bridgehead atoms. The summed E-state index contributed by atoms with van der Waals surface area (Å²) in [4.78, 5) is 17.8. The summed E-state index contributed by atoms with van der Waals surface area (Å²) in [5.74, 6) is -0.240. The molecule has 4 aromatic rings. The molecule has 3 aromatic carbocycles. The first-order valence-electron chi connectivity index (χ1n) is 9.06. The molecule has 0 saturated heterocycles. The molecule has 29 heavy (non-hydrogen) atoms. The Labute approximate surface area is 178 Å². The lowest BCUT2D eigenvalue weighted by Gasteiger charge is -2.11.